The summed E-state index contributed by atoms with van der Waals surface area (Å²) in [6.07, 6.45) is -1.11. The highest BCUT2D eigenvalue weighted by Gasteiger charge is 2.36. The third-order valence-electron chi connectivity index (χ3n) is 1.53. The van der Waals surface area contributed by atoms with Gasteiger partial charge in [0.2, 0.25) is 6.10 Å². The molecule has 1 aliphatic rings. The molecule has 5 heteroatoms. The van der Waals surface area contributed by atoms with Crippen LogP contribution in [0.2, 0.25) is 0 Å². The van der Waals surface area contributed by atoms with Crippen LogP contribution in [0.5, 0.6) is 0 Å². The molecule has 1 heterocycles. The average Bonchev–Trinajstić information content (AvgIpc) is 2.31. The van der Waals surface area contributed by atoms with Crippen LogP contribution in [-0.2, 0) is 19.1 Å². The van der Waals surface area contributed by atoms with Crippen LogP contribution in [0.1, 0.15) is 13.3 Å². The molecule has 68 valence electrons. The Kier molecular flexibility index (Phi) is 2.65. The van der Waals surface area contributed by atoms with Gasteiger partial charge in [-0.2, -0.15) is 0 Å². The summed E-state index contributed by atoms with van der Waals surface area (Å²) >= 11 is 0. The molecule has 1 fully saturated rings. The molecule has 5 nitrogen and oxygen atoms in total. The molecule has 0 saturated carbocycles. The molecule has 1 saturated heterocycles. The maximum Gasteiger partial charge on any atom is 0.347 e. The summed E-state index contributed by atoms with van der Waals surface area (Å²) in [6.45, 7) is 0.989. The minimum absolute atomic E-state index is 0.233. The van der Waals surface area contributed by atoms with E-state index in [9.17, 15) is 9.59 Å². The summed E-state index contributed by atoms with van der Waals surface area (Å²) in [4.78, 5) is 21.3. The van der Waals surface area contributed by atoms with Crippen LogP contribution in [0.4, 0.5) is 0 Å². The Hall–Kier alpha value is -1.10. The molecule has 0 spiro atoms. The van der Waals surface area contributed by atoms with Crippen LogP contribution < -0.4 is 0 Å². The first-order valence-electron chi connectivity index (χ1n) is 3.62. The molecule has 0 aromatic carbocycles. The number of carbonyl (C=O) groups is 2. The second-order valence-corrected chi connectivity index (χ2v) is 2.58. The minimum Gasteiger partial charge on any atom is -0.457 e. The van der Waals surface area contributed by atoms with E-state index in [0.717, 1.165) is 0 Å². The molecular weight excluding hydrogens is 164 g/mol. The number of hydrogen-bond donors (Lipinski definition) is 1. The van der Waals surface area contributed by atoms with Gasteiger partial charge in [-0.15, -0.1) is 0 Å². The predicted octanol–water partition coefficient (Wildman–Crippen LogP) is -0.774. The Morgan fingerprint density at radius 3 is 2.92 bits per heavy atom. The van der Waals surface area contributed by atoms with Gasteiger partial charge in [-0.25, -0.2) is 4.79 Å². The monoisotopic (exact) mass is 174 g/mol. The molecule has 12 heavy (non-hydrogen) atoms. The van der Waals surface area contributed by atoms with Crippen molar-refractivity contribution < 1.29 is 24.2 Å². The summed E-state index contributed by atoms with van der Waals surface area (Å²) in [6, 6.07) is 0. The lowest BCUT2D eigenvalue weighted by molar-refractivity contribution is -0.159. The summed E-state index contributed by atoms with van der Waals surface area (Å²) in [5.41, 5.74) is 0. The van der Waals surface area contributed by atoms with E-state index in [4.69, 9.17) is 5.11 Å². The molecule has 1 aliphatic heterocycles. The van der Waals surface area contributed by atoms with E-state index in [2.05, 4.69) is 9.47 Å². The van der Waals surface area contributed by atoms with Crippen molar-refractivity contribution in [2.24, 2.45) is 0 Å². The van der Waals surface area contributed by atoms with E-state index in [1.807, 2.05) is 0 Å². The van der Waals surface area contributed by atoms with Gasteiger partial charge in [-0.3, -0.25) is 4.79 Å². The van der Waals surface area contributed by atoms with Crippen LogP contribution in [0, 0.1) is 0 Å². The zero-order valence-corrected chi connectivity index (χ0v) is 6.65. The lowest BCUT2D eigenvalue weighted by atomic mass is 10.2. The molecule has 0 unspecified atom stereocenters. The molecule has 2 atom stereocenters. The molecular formula is C7H10O5. The number of carbonyl (C=O) groups excluding carboxylic acids is 2. The lowest BCUT2D eigenvalue weighted by Gasteiger charge is -2.04. The molecule has 1 rings (SSSR count). The highest BCUT2D eigenvalue weighted by atomic mass is 16.6. The highest BCUT2D eigenvalue weighted by Crippen LogP contribution is 2.17. The number of hydrogen-bond acceptors (Lipinski definition) is 5. The third-order valence-corrected chi connectivity index (χ3v) is 1.53. The molecule has 0 bridgehead atoms. The molecule has 0 radical (unpaired) electrons. The van der Waals surface area contributed by atoms with Gasteiger partial charge in [-0.05, 0) is 0 Å². The largest absolute Gasteiger partial charge is 0.457 e. The van der Waals surface area contributed by atoms with E-state index >= 15 is 0 Å². The van der Waals surface area contributed by atoms with Gasteiger partial charge in [0, 0.05) is 13.3 Å². The van der Waals surface area contributed by atoms with Gasteiger partial charge in [-0.1, -0.05) is 0 Å². The lowest BCUT2D eigenvalue weighted by Crippen LogP contribution is -2.20. The van der Waals surface area contributed by atoms with Crippen molar-refractivity contribution >= 4 is 11.9 Å². The summed E-state index contributed by atoms with van der Waals surface area (Å²) in [5, 5.41) is 8.62. The van der Waals surface area contributed by atoms with E-state index in [0.29, 0.717) is 0 Å². The average molecular weight is 174 g/mol. The van der Waals surface area contributed by atoms with Crippen molar-refractivity contribution in [3.8, 4) is 0 Å². The fourth-order valence-electron chi connectivity index (χ4n) is 1.03. The Labute approximate surface area is 69.3 Å². The number of cyclic esters (lactones) is 1. The number of esters is 2. The van der Waals surface area contributed by atoms with Crippen LogP contribution >= 0.6 is 0 Å². The van der Waals surface area contributed by atoms with Crippen molar-refractivity contribution in [1.29, 1.82) is 0 Å². The van der Waals surface area contributed by atoms with E-state index in [1.54, 1.807) is 0 Å². The van der Waals surface area contributed by atoms with Crippen molar-refractivity contribution in [1.82, 2.24) is 0 Å². The Morgan fingerprint density at radius 1 is 1.83 bits per heavy atom. The van der Waals surface area contributed by atoms with Crippen LogP contribution in [-0.4, -0.2) is 35.9 Å². The van der Waals surface area contributed by atoms with Crippen LogP contribution in [0.15, 0.2) is 0 Å². The standard InChI is InChI=1S/C7H10O5/c1-4(9)11-6-2-5(3-8)12-7(6)10/h5-6,8H,2-3H2,1H3/t5-,6-/m0/s1. The zero-order chi connectivity index (χ0) is 9.14. The first-order chi connectivity index (χ1) is 5.63. The van der Waals surface area contributed by atoms with Crippen LogP contribution in [0.25, 0.3) is 0 Å². The zero-order valence-electron chi connectivity index (χ0n) is 6.65. The van der Waals surface area contributed by atoms with Crippen molar-refractivity contribution in [3.05, 3.63) is 0 Å². The molecule has 0 aliphatic carbocycles. The second-order valence-electron chi connectivity index (χ2n) is 2.58. The summed E-state index contributed by atoms with van der Waals surface area (Å²) < 4.78 is 9.29. The van der Waals surface area contributed by atoms with Crippen molar-refractivity contribution in [3.63, 3.8) is 0 Å². The van der Waals surface area contributed by atoms with E-state index in [1.165, 1.54) is 6.92 Å². The molecule has 0 amide bonds. The number of aliphatic hydroxyl groups is 1. The molecule has 0 aromatic rings. The topological polar surface area (TPSA) is 72.8 Å². The first kappa shape index (κ1) is 8.99. The smallest absolute Gasteiger partial charge is 0.347 e. The van der Waals surface area contributed by atoms with Gasteiger partial charge in [0.25, 0.3) is 0 Å². The summed E-state index contributed by atoms with van der Waals surface area (Å²) in [7, 11) is 0. The Balaban J connectivity index is 2.46. The number of rotatable bonds is 2. The maximum atomic E-state index is 10.9. The van der Waals surface area contributed by atoms with Gasteiger partial charge < -0.3 is 14.6 Å². The minimum atomic E-state index is -0.834. The van der Waals surface area contributed by atoms with Crippen LogP contribution in [0.3, 0.4) is 0 Å². The van der Waals surface area contributed by atoms with Crippen molar-refractivity contribution in [2.75, 3.05) is 6.61 Å². The van der Waals surface area contributed by atoms with Gasteiger partial charge in [0.1, 0.15) is 6.10 Å². The predicted molar refractivity (Wildman–Crippen MR) is 37.1 cm³/mol. The first-order valence-corrected chi connectivity index (χ1v) is 3.62. The Morgan fingerprint density at radius 2 is 2.50 bits per heavy atom. The summed E-state index contributed by atoms with van der Waals surface area (Å²) in [5.74, 6) is -1.10. The van der Waals surface area contributed by atoms with Gasteiger partial charge in [0.05, 0.1) is 6.61 Å². The molecule has 0 aromatic heterocycles. The quantitative estimate of drug-likeness (QED) is 0.556. The number of aliphatic hydroxyl groups excluding tert-OH is 1. The van der Waals surface area contributed by atoms with Gasteiger partial charge >= 0.3 is 11.9 Å². The van der Waals surface area contributed by atoms with Gasteiger partial charge in [0.15, 0.2) is 0 Å². The number of ether oxygens (including phenoxy) is 2. The molecule has 1 N–H and O–H groups in total. The second kappa shape index (κ2) is 3.53. The van der Waals surface area contributed by atoms with E-state index in [-0.39, 0.29) is 13.0 Å². The normalized spacial score (nSPS) is 28.3. The SMILES string of the molecule is CC(=O)O[C@H]1C[C@@H](CO)OC1=O. The fraction of sp³-hybridized carbons (Fsp3) is 0.714. The fourth-order valence-corrected chi connectivity index (χ4v) is 1.03. The third kappa shape index (κ3) is 1.94. The van der Waals surface area contributed by atoms with Crippen molar-refractivity contribution in [2.45, 2.75) is 25.6 Å². The Bertz CT molecular complexity index is 200. The highest BCUT2D eigenvalue weighted by molar-refractivity contribution is 5.80. The maximum absolute atomic E-state index is 10.9. The van der Waals surface area contributed by atoms with E-state index < -0.39 is 24.1 Å².